The molecule has 0 aromatic heterocycles. The Kier molecular flexibility index (Phi) is 1.58. The fourth-order valence-electron chi connectivity index (χ4n) is 1.24. The number of hydrogen-bond donors (Lipinski definition) is 2. The largest absolute Gasteiger partial charge is 0.397 e. The van der Waals surface area contributed by atoms with Crippen molar-refractivity contribution in [3.63, 3.8) is 0 Å². The maximum absolute atomic E-state index is 5.65. The lowest BCUT2D eigenvalue weighted by Gasteiger charge is -2.03. The number of nitrogens with two attached hydrogens (primary N) is 2. The van der Waals surface area contributed by atoms with Crippen molar-refractivity contribution >= 4 is 31.9 Å². The number of nitrogens with zero attached hydrogens (tertiary/aromatic N) is 1. The molecule has 0 bridgehead atoms. The second-order valence-electron chi connectivity index (χ2n) is 2.75. The summed E-state index contributed by atoms with van der Waals surface area (Å²) in [5.74, 6) is 0. The van der Waals surface area contributed by atoms with Gasteiger partial charge in [0.15, 0.2) is 0 Å². The summed E-state index contributed by atoms with van der Waals surface area (Å²) in [5.41, 5.74) is 14.7. The minimum absolute atomic E-state index is 0.614. The van der Waals surface area contributed by atoms with Crippen LogP contribution < -0.4 is 11.5 Å². The molecule has 2 rings (SSSR count). The molecule has 4 N–H and O–H groups in total. The van der Waals surface area contributed by atoms with Gasteiger partial charge in [0.25, 0.3) is 0 Å². The van der Waals surface area contributed by atoms with E-state index in [9.17, 15) is 0 Å². The first kappa shape index (κ1) is 7.61. The van der Waals surface area contributed by atoms with Gasteiger partial charge in [-0.05, 0) is 33.6 Å². The highest BCUT2D eigenvalue weighted by Crippen LogP contribution is 2.27. The second-order valence-corrected chi connectivity index (χ2v) is 3.50. The van der Waals surface area contributed by atoms with Gasteiger partial charge in [-0.2, -0.15) is 0 Å². The molecule has 0 unspecified atom stereocenters. The van der Waals surface area contributed by atoms with E-state index in [-0.39, 0.29) is 0 Å². The Labute approximate surface area is 78.6 Å². The van der Waals surface area contributed by atoms with Crippen LogP contribution in [0.2, 0.25) is 0 Å². The van der Waals surface area contributed by atoms with Crippen molar-refractivity contribution in [3.8, 4) is 0 Å². The molecule has 0 saturated carbocycles. The topological polar surface area (TPSA) is 64.4 Å². The van der Waals surface area contributed by atoms with Crippen molar-refractivity contribution in [1.29, 1.82) is 0 Å². The number of hydrogen-bond acceptors (Lipinski definition) is 3. The van der Waals surface area contributed by atoms with E-state index < -0.39 is 0 Å². The molecule has 0 fully saturated rings. The fourth-order valence-corrected chi connectivity index (χ4v) is 1.74. The van der Waals surface area contributed by atoms with Gasteiger partial charge in [0.2, 0.25) is 0 Å². The lowest BCUT2D eigenvalue weighted by molar-refractivity contribution is 1.11. The average molecular weight is 226 g/mol. The molecule has 1 heterocycles. The van der Waals surface area contributed by atoms with E-state index in [2.05, 4.69) is 20.9 Å². The van der Waals surface area contributed by atoms with E-state index in [4.69, 9.17) is 11.5 Å². The predicted molar refractivity (Wildman–Crippen MR) is 54.4 cm³/mol. The van der Waals surface area contributed by atoms with E-state index in [0.717, 1.165) is 15.7 Å². The summed E-state index contributed by atoms with van der Waals surface area (Å²) >= 11 is 3.35. The zero-order valence-electron chi connectivity index (χ0n) is 6.34. The number of fused-ring (bicyclic) bond motifs is 1. The van der Waals surface area contributed by atoms with Gasteiger partial charge in [-0.15, -0.1) is 0 Å². The molecule has 0 saturated heterocycles. The first-order valence-electron chi connectivity index (χ1n) is 3.56. The average Bonchev–Trinajstić information content (AvgIpc) is 2.35. The van der Waals surface area contributed by atoms with Crippen LogP contribution in [0.15, 0.2) is 17.1 Å². The van der Waals surface area contributed by atoms with Gasteiger partial charge in [-0.25, -0.2) is 0 Å². The van der Waals surface area contributed by atoms with E-state index in [1.807, 2.05) is 12.1 Å². The number of anilines is 2. The normalized spacial score (nSPS) is 14.2. The predicted octanol–water partition coefficient (Wildman–Crippen LogP) is 1.51. The molecule has 0 amide bonds. The number of rotatable bonds is 0. The Morgan fingerprint density at radius 1 is 1.25 bits per heavy atom. The van der Waals surface area contributed by atoms with Gasteiger partial charge in [0.05, 0.1) is 17.9 Å². The van der Waals surface area contributed by atoms with E-state index >= 15 is 0 Å². The van der Waals surface area contributed by atoms with Crippen LogP contribution in [-0.2, 0) is 6.54 Å². The molecular weight excluding hydrogens is 218 g/mol. The Morgan fingerprint density at radius 3 is 2.67 bits per heavy atom. The monoisotopic (exact) mass is 225 g/mol. The summed E-state index contributed by atoms with van der Waals surface area (Å²) in [6, 6.07) is 3.73. The first-order chi connectivity index (χ1) is 5.68. The standard InChI is InChI=1S/C8H8BrN3/c9-8-5-2-7(11)6(10)1-4(5)3-12-8/h1-2H,3,10-11H2. The summed E-state index contributed by atoms with van der Waals surface area (Å²) in [7, 11) is 0. The molecule has 1 aliphatic heterocycles. The molecule has 62 valence electrons. The molecule has 1 aliphatic rings. The highest BCUT2D eigenvalue weighted by Gasteiger charge is 2.14. The lowest BCUT2D eigenvalue weighted by Crippen LogP contribution is -1.98. The van der Waals surface area contributed by atoms with Crippen molar-refractivity contribution < 1.29 is 0 Å². The molecule has 3 nitrogen and oxygen atoms in total. The lowest BCUT2D eigenvalue weighted by atomic mass is 10.1. The second kappa shape index (κ2) is 2.48. The molecule has 1 aromatic carbocycles. The van der Waals surface area contributed by atoms with Gasteiger partial charge in [0.1, 0.15) is 4.62 Å². The van der Waals surface area contributed by atoms with E-state index in [1.54, 1.807) is 0 Å². The Hall–Kier alpha value is -1.03. The highest BCUT2D eigenvalue weighted by molar-refractivity contribution is 9.18. The maximum atomic E-state index is 5.65. The molecule has 0 aliphatic carbocycles. The molecule has 4 heteroatoms. The summed E-state index contributed by atoms with van der Waals surface area (Å²) in [6.45, 7) is 0.695. The van der Waals surface area contributed by atoms with Crippen LogP contribution >= 0.6 is 15.9 Å². The van der Waals surface area contributed by atoms with Gasteiger partial charge < -0.3 is 11.5 Å². The summed E-state index contributed by atoms with van der Waals surface area (Å²) in [5, 5.41) is 0. The van der Waals surface area contributed by atoms with Gasteiger partial charge in [0, 0.05) is 5.56 Å². The third-order valence-corrected chi connectivity index (χ3v) is 2.60. The van der Waals surface area contributed by atoms with Gasteiger partial charge in [-0.1, -0.05) is 0 Å². The van der Waals surface area contributed by atoms with Crippen LogP contribution in [0.1, 0.15) is 11.1 Å². The molecular formula is C8H8BrN3. The quantitative estimate of drug-likeness (QED) is 0.658. The zero-order chi connectivity index (χ0) is 8.72. The minimum atomic E-state index is 0.614. The number of aliphatic imine (C=N–C) groups is 1. The van der Waals surface area contributed by atoms with Crippen LogP contribution in [0.5, 0.6) is 0 Å². The third-order valence-electron chi connectivity index (χ3n) is 1.92. The summed E-state index contributed by atoms with van der Waals surface area (Å²) < 4.78 is 0.865. The number of halogens is 1. The first-order valence-corrected chi connectivity index (χ1v) is 4.36. The zero-order valence-corrected chi connectivity index (χ0v) is 7.93. The van der Waals surface area contributed by atoms with Crippen molar-refractivity contribution in [2.24, 2.45) is 4.99 Å². The smallest absolute Gasteiger partial charge is 0.108 e. The number of benzene rings is 1. The van der Waals surface area contributed by atoms with Crippen LogP contribution in [-0.4, -0.2) is 4.62 Å². The minimum Gasteiger partial charge on any atom is -0.397 e. The van der Waals surface area contributed by atoms with Crippen molar-refractivity contribution in [1.82, 2.24) is 0 Å². The fraction of sp³-hybridized carbons (Fsp3) is 0.125. The summed E-state index contributed by atoms with van der Waals surface area (Å²) in [6.07, 6.45) is 0. The SMILES string of the molecule is Nc1cc2c(cc1N)C(Br)=NC2. The Balaban J connectivity index is 2.63. The van der Waals surface area contributed by atoms with Crippen molar-refractivity contribution in [2.45, 2.75) is 6.54 Å². The molecule has 0 atom stereocenters. The Morgan fingerprint density at radius 2 is 1.92 bits per heavy atom. The van der Waals surface area contributed by atoms with Crippen LogP contribution in [0.3, 0.4) is 0 Å². The van der Waals surface area contributed by atoms with Gasteiger partial charge >= 0.3 is 0 Å². The van der Waals surface area contributed by atoms with Crippen LogP contribution in [0.4, 0.5) is 11.4 Å². The summed E-state index contributed by atoms with van der Waals surface area (Å²) in [4.78, 5) is 4.21. The molecule has 0 spiro atoms. The number of nitrogen functional groups attached to an aromatic ring is 2. The molecule has 12 heavy (non-hydrogen) atoms. The van der Waals surface area contributed by atoms with Crippen LogP contribution in [0, 0.1) is 0 Å². The van der Waals surface area contributed by atoms with E-state index in [0.29, 0.717) is 17.9 Å². The molecule has 0 radical (unpaired) electrons. The molecule has 1 aromatic rings. The van der Waals surface area contributed by atoms with Crippen LogP contribution in [0.25, 0.3) is 0 Å². The maximum Gasteiger partial charge on any atom is 0.108 e. The van der Waals surface area contributed by atoms with Gasteiger partial charge in [-0.3, -0.25) is 4.99 Å². The van der Waals surface area contributed by atoms with Crippen molar-refractivity contribution in [2.75, 3.05) is 11.5 Å². The third kappa shape index (κ3) is 0.992. The van der Waals surface area contributed by atoms with E-state index in [1.165, 1.54) is 0 Å². The Bertz CT molecular complexity index is 371. The van der Waals surface area contributed by atoms with Crippen molar-refractivity contribution in [3.05, 3.63) is 23.3 Å². The highest BCUT2D eigenvalue weighted by atomic mass is 79.9.